The van der Waals surface area contributed by atoms with Crippen molar-refractivity contribution >= 4 is 11.7 Å². The van der Waals surface area contributed by atoms with Gasteiger partial charge in [-0.15, -0.1) is 0 Å². The molecule has 0 atom stereocenters. The zero-order chi connectivity index (χ0) is 12.4. The third-order valence-corrected chi connectivity index (χ3v) is 3.04. The number of nitrogens with two attached hydrogens (primary N) is 1. The van der Waals surface area contributed by atoms with Gasteiger partial charge in [0.15, 0.2) is 5.82 Å². The summed E-state index contributed by atoms with van der Waals surface area (Å²) in [4.78, 5) is 10.2. The Morgan fingerprint density at radius 3 is 2.76 bits per heavy atom. The fraction of sp³-hybridized carbons (Fsp3) is 0.545. The van der Waals surface area contributed by atoms with E-state index in [1.807, 2.05) is 11.9 Å². The van der Waals surface area contributed by atoms with Crippen molar-refractivity contribution < 1.29 is 5.11 Å². The lowest BCUT2D eigenvalue weighted by Crippen LogP contribution is -2.38. The van der Waals surface area contributed by atoms with Crippen LogP contribution in [0.2, 0.25) is 0 Å². The monoisotopic (exact) mass is 235 g/mol. The van der Waals surface area contributed by atoms with Gasteiger partial charge in [0.05, 0.1) is 6.10 Å². The first-order valence-electron chi connectivity index (χ1n) is 5.62. The van der Waals surface area contributed by atoms with Crippen LogP contribution in [0.15, 0.2) is 12.4 Å². The van der Waals surface area contributed by atoms with Crippen LogP contribution < -0.4 is 10.6 Å². The van der Waals surface area contributed by atoms with Gasteiger partial charge in [0, 0.05) is 26.0 Å². The van der Waals surface area contributed by atoms with Crippen molar-refractivity contribution in [2.45, 2.75) is 18.9 Å². The zero-order valence-electron chi connectivity index (χ0n) is 9.80. The number of aliphatic hydroxyl groups is 1. The maximum Gasteiger partial charge on any atom is 0.158 e. The van der Waals surface area contributed by atoms with Crippen molar-refractivity contribution in [3.05, 3.63) is 18.1 Å². The topological polar surface area (TPSA) is 99.1 Å². The molecule has 0 aromatic carbocycles. The number of nitrogens with one attached hydrogen (secondary N) is 1. The number of aromatic nitrogens is 2. The van der Waals surface area contributed by atoms with E-state index in [2.05, 4.69) is 9.97 Å². The Labute approximate surface area is 100.0 Å². The van der Waals surface area contributed by atoms with E-state index in [0.717, 1.165) is 19.4 Å². The summed E-state index contributed by atoms with van der Waals surface area (Å²) in [5.74, 6) is 1.03. The van der Waals surface area contributed by atoms with Crippen LogP contribution >= 0.6 is 0 Å². The summed E-state index contributed by atoms with van der Waals surface area (Å²) in [5, 5.41) is 16.7. The average Bonchev–Trinajstić information content (AvgIpc) is 2.27. The lowest BCUT2D eigenvalue weighted by Gasteiger charge is -2.35. The van der Waals surface area contributed by atoms with Gasteiger partial charge in [-0.05, 0) is 18.8 Å². The molecule has 2 rings (SSSR count). The minimum atomic E-state index is -0.150. The Kier molecular flexibility index (Phi) is 3.23. The van der Waals surface area contributed by atoms with Gasteiger partial charge in [0.25, 0.3) is 0 Å². The van der Waals surface area contributed by atoms with Crippen LogP contribution in [0, 0.1) is 11.3 Å². The van der Waals surface area contributed by atoms with Gasteiger partial charge in [-0.25, -0.2) is 9.97 Å². The summed E-state index contributed by atoms with van der Waals surface area (Å²) in [6.07, 6.45) is 4.64. The molecule has 1 aromatic heterocycles. The molecule has 17 heavy (non-hydrogen) atoms. The van der Waals surface area contributed by atoms with E-state index in [9.17, 15) is 5.11 Å². The molecule has 1 aliphatic rings. The second-order valence-corrected chi connectivity index (χ2v) is 4.51. The maximum absolute atomic E-state index is 9.24. The molecule has 0 radical (unpaired) electrons. The third-order valence-electron chi connectivity index (χ3n) is 3.04. The molecule has 0 unspecified atom stereocenters. The highest BCUT2D eigenvalue weighted by Crippen LogP contribution is 2.28. The van der Waals surface area contributed by atoms with Gasteiger partial charge >= 0.3 is 0 Å². The number of nitrogens with zero attached hydrogens (tertiary/aromatic N) is 3. The van der Waals surface area contributed by atoms with Crippen LogP contribution in [0.5, 0.6) is 0 Å². The van der Waals surface area contributed by atoms with Crippen LogP contribution in [-0.2, 0) is 0 Å². The molecule has 6 nitrogen and oxygen atoms in total. The normalized spacial score (nSPS) is 22.9. The number of amidine groups is 1. The lowest BCUT2D eigenvalue weighted by molar-refractivity contribution is 0.0464. The summed E-state index contributed by atoms with van der Waals surface area (Å²) in [6.45, 7) is 0.802. The van der Waals surface area contributed by atoms with E-state index in [1.54, 1.807) is 6.20 Å². The van der Waals surface area contributed by atoms with Crippen LogP contribution in [0.3, 0.4) is 0 Å². The van der Waals surface area contributed by atoms with Gasteiger partial charge in [0.2, 0.25) is 0 Å². The molecule has 0 bridgehead atoms. The summed E-state index contributed by atoms with van der Waals surface area (Å²) in [6, 6.07) is 0. The summed E-state index contributed by atoms with van der Waals surface area (Å²) in [7, 11) is 1.90. The highest BCUT2D eigenvalue weighted by Gasteiger charge is 2.28. The van der Waals surface area contributed by atoms with Gasteiger partial charge in [-0.2, -0.15) is 0 Å². The average molecular weight is 235 g/mol. The Morgan fingerprint density at radius 2 is 2.18 bits per heavy atom. The fourth-order valence-corrected chi connectivity index (χ4v) is 2.12. The molecule has 1 aromatic rings. The molecular formula is C11H17N5O. The number of nitrogen functional groups attached to an aromatic ring is 1. The predicted molar refractivity (Wildman–Crippen MR) is 65.0 cm³/mol. The second kappa shape index (κ2) is 4.67. The van der Waals surface area contributed by atoms with Crippen LogP contribution in [0.1, 0.15) is 18.5 Å². The number of hydrogen-bond acceptors (Lipinski definition) is 5. The lowest BCUT2D eigenvalue weighted by atomic mass is 9.82. The largest absolute Gasteiger partial charge is 0.393 e. The van der Waals surface area contributed by atoms with Crippen molar-refractivity contribution in [2.75, 3.05) is 18.5 Å². The Bertz CT molecular complexity index is 416. The quantitative estimate of drug-likeness (QED) is 0.502. The second-order valence-electron chi connectivity index (χ2n) is 4.51. The van der Waals surface area contributed by atoms with E-state index in [0.29, 0.717) is 17.4 Å². The maximum atomic E-state index is 9.24. The number of anilines is 1. The zero-order valence-corrected chi connectivity index (χ0v) is 9.80. The molecule has 1 aliphatic carbocycles. The smallest absolute Gasteiger partial charge is 0.158 e. The van der Waals surface area contributed by atoms with Gasteiger partial charge in [0.1, 0.15) is 11.5 Å². The Balaban J connectivity index is 2.08. The molecule has 6 heteroatoms. The van der Waals surface area contributed by atoms with E-state index >= 15 is 0 Å². The summed E-state index contributed by atoms with van der Waals surface area (Å²) >= 11 is 0. The first-order chi connectivity index (χ1) is 8.08. The van der Waals surface area contributed by atoms with E-state index in [1.165, 1.54) is 6.20 Å². The van der Waals surface area contributed by atoms with Crippen molar-refractivity contribution in [3.8, 4) is 0 Å². The first kappa shape index (κ1) is 11.8. The molecule has 1 saturated carbocycles. The van der Waals surface area contributed by atoms with E-state index < -0.39 is 0 Å². The standard InChI is InChI=1S/C11H17N5O/c1-16(6-7-4-8(17)5-7)11-9(10(12)13)14-2-3-15-11/h2-3,7-8,17H,4-6H2,1H3,(H3,12,13). The van der Waals surface area contributed by atoms with Gasteiger partial charge in [-0.3, -0.25) is 5.41 Å². The summed E-state index contributed by atoms with van der Waals surface area (Å²) in [5.41, 5.74) is 5.88. The van der Waals surface area contributed by atoms with Crippen molar-refractivity contribution in [3.63, 3.8) is 0 Å². The van der Waals surface area contributed by atoms with Crippen molar-refractivity contribution in [2.24, 2.45) is 11.7 Å². The van der Waals surface area contributed by atoms with Crippen LogP contribution in [0.25, 0.3) is 0 Å². The van der Waals surface area contributed by atoms with Crippen LogP contribution in [0.4, 0.5) is 5.82 Å². The minimum Gasteiger partial charge on any atom is -0.393 e. The molecule has 1 heterocycles. The van der Waals surface area contributed by atoms with Crippen molar-refractivity contribution in [1.29, 1.82) is 5.41 Å². The Hall–Kier alpha value is -1.69. The first-order valence-corrected chi connectivity index (χ1v) is 5.62. The SMILES string of the molecule is CN(CC1CC(O)C1)c1nccnc1C(=N)N. The number of hydrogen-bond donors (Lipinski definition) is 3. The fourth-order valence-electron chi connectivity index (χ4n) is 2.12. The van der Waals surface area contributed by atoms with Gasteiger partial charge < -0.3 is 15.7 Å². The predicted octanol–water partition coefficient (Wildman–Crippen LogP) is -0.0322. The van der Waals surface area contributed by atoms with E-state index in [4.69, 9.17) is 11.1 Å². The molecule has 0 saturated heterocycles. The molecule has 1 fully saturated rings. The van der Waals surface area contributed by atoms with E-state index in [-0.39, 0.29) is 11.9 Å². The molecule has 0 aliphatic heterocycles. The highest BCUT2D eigenvalue weighted by atomic mass is 16.3. The molecule has 0 spiro atoms. The third kappa shape index (κ3) is 2.52. The number of rotatable bonds is 4. The molecule has 4 N–H and O–H groups in total. The van der Waals surface area contributed by atoms with Gasteiger partial charge in [-0.1, -0.05) is 0 Å². The minimum absolute atomic E-state index is 0.0754. The number of aliphatic hydroxyl groups excluding tert-OH is 1. The highest BCUT2D eigenvalue weighted by molar-refractivity contribution is 5.97. The van der Waals surface area contributed by atoms with Crippen molar-refractivity contribution in [1.82, 2.24) is 9.97 Å². The molecular weight excluding hydrogens is 218 g/mol. The molecule has 0 amide bonds. The van der Waals surface area contributed by atoms with Crippen LogP contribution in [-0.4, -0.2) is 40.6 Å². The summed E-state index contributed by atoms with van der Waals surface area (Å²) < 4.78 is 0. The molecule has 92 valence electrons. The Morgan fingerprint density at radius 1 is 1.53 bits per heavy atom.